The molecule has 0 radical (unpaired) electrons. The smallest absolute Gasteiger partial charge is 0.256 e. The number of amides is 1. The van der Waals surface area contributed by atoms with Crippen LogP contribution in [-0.4, -0.2) is 30.5 Å². The minimum atomic E-state index is -1.10. The third-order valence-electron chi connectivity index (χ3n) is 5.66. The van der Waals surface area contributed by atoms with E-state index < -0.39 is 17.2 Å². The Morgan fingerprint density at radius 2 is 1.84 bits per heavy atom. The van der Waals surface area contributed by atoms with E-state index in [2.05, 4.69) is 10.1 Å². The maximum absolute atomic E-state index is 14.9. The number of carbonyl (C=O) groups is 1. The second-order valence-corrected chi connectivity index (χ2v) is 8.45. The van der Waals surface area contributed by atoms with E-state index in [1.54, 1.807) is 61.1 Å². The van der Waals surface area contributed by atoms with Crippen LogP contribution in [0, 0.1) is 11.6 Å². The molecule has 0 fully saturated rings. The number of aromatic nitrogens is 3. The third kappa shape index (κ3) is 3.42. The first-order valence-corrected chi connectivity index (χ1v) is 10.1. The van der Waals surface area contributed by atoms with Gasteiger partial charge in [-0.15, -0.1) is 0 Å². The number of carbonyl (C=O) groups excluding carboxylic acids is 1. The molecular formula is C24H20F2N4O2. The monoisotopic (exact) mass is 434 g/mol. The molecule has 1 amide bonds. The number of aliphatic hydroxyl groups is 1. The van der Waals surface area contributed by atoms with E-state index >= 15 is 0 Å². The summed E-state index contributed by atoms with van der Waals surface area (Å²) in [4.78, 5) is 18.1. The molecular weight excluding hydrogens is 414 g/mol. The third-order valence-corrected chi connectivity index (χ3v) is 5.66. The fourth-order valence-corrected chi connectivity index (χ4v) is 3.89. The first-order valence-electron chi connectivity index (χ1n) is 10.1. The van der Waals surface area contributed by atoms with Crippen LogP contribution in [0.15, 0.2) is 54.9 Å². The Hall–Kier alpha value is -3.65. The topological polar surface area (TPSA) is 70.7 Å². The molecule has 0 saturated heterocycles. The van der Waals surface area contributed by atoms with Gasteiger partial charge in [-0.05, 0) is 67.4 Å². The largest absolute Gasteiger partial charge is 0.384 e. The number of rotatable bonds is 4. The van der Waals surface area contributed by atoms with Crippen molar-refractivity contribution in [1.82, 2.24) is 19.5 Å². The first kappa shape index (κ1) is 20.3. The summed E-state index contributed by atoms with van der Waals surface area (Å²) in [7, 11) is 0. The molecule has 0 unspecified atom stereocenters. The highest BCUT2D eigenvalue weighted by Crippen LogP contribution is 2.29. The number of benzene rings is 1. The Morgan fingerprint density at radius 1 is 1.09 bits per heavy atom. The minimum Gasteiger partial charge on any atom is -0.384 e. The van der Waals surface area contributed by atoms with Crippen LogP contribution in [-0.2, 0) is 18.7 Å². The zero-order valence-corrected chi connectivity index (χ0v) is 17.5. The van der Waals surface area contributed by atoms with Gasteiger partial charge in [-0.25, -0.2) is 13.3 Å². The summed E-state index contributed by atoms with van der Waals surface area (Å²) in [5, 5.41) is 14.5. The predicted octanol–water partition coefficient (Wildman–Crippen LogP) is 4.06. The summed E-state index contributed by atoms with van der Waals surface area (Å²) in [5.74, 6) is -1.73. The van der Waals surface area contributed by atoms with E-state index in [0.717, 1.165) is 0 Å². The number of fused-ring (bicyclic) bond motifs is 2. The fourth-order valence-electron chi connectivity index (χ4n) is 3.89. The molecule has 0 spiro atoms. The minimum absolute atomic E-state index is 0.162. The van der Waals surface area contributed by atoms with Gasteiger partial charge in [-0.3, -0.25) is 9.78 Å². The first-order chi connectivity index (χ1) is 15.2. The molecule has 3 aromatic heterocycles. The molecule has 5 rings (SSSR count). The van der Waals surface area contributed by atoms with Gasteiger partial charge in [0.05, 0.1) is 35.6 Å². The van der Waals surface area contributed by atoms with Crippen LogP contribution in [0.5, 0.6) is 0 Å². The van der Waals surface area contributed by atoms with Crippen LogP contribution < -0.4 is 0 Å². The molecule has 162 valence electrons. The zero-order chi connectivity index (χ0) is 22.6. The van der Waals surface area contributed by atoms with Gasteiger partial charge in [0, 0.05) is 18.0 Å². The van der Waals surface area contributed by atoms with Gasteiger partial charge in [-0.2, -0.15) is 5.10 Å². The summed E-state index contributed by atoms with van der Waals surface area (Å²) >= 11 is 0. The summed E-state index contributed by atoms with van der Waals surface area (Å²) in [5.41, 5.74) is 1.97. The van der Waals surface area contributed by atoms with Crippen LogP contribution in [0.2, 0.25) is 0 Å². The molecule has 6 nitrogen and oxygen atoms in total. The van der Waals surface area contributed by atoms with Crippen molar-refractivity contribution in [3.05, 3.63) is 89.0 Å². The molecule has 4 aromatic rings. The average Bonchev–Trinajstić information content (AvgIpc) is 3.31. The van der Waals surface area contributed by atoms with Gasteiger partial charge in [0.2, 0.25) is 0 Å². The maximum atomic E-state index is 14.9. The lowest BCUT2D eigenvalue weighted by molar-refractivity contribution is 0.0734. The van der Waals surface area contributed by atoms with Gasteiger partial charge < -0.3 is 10.0 Å². The van der Waals surface area contributed by atoms with Crippen LogP contribution in [0.25, 0.3) is 16.6 Å². The summed E-state index contributed by atoms with van der Waals surface area (Å²) in [6.45, 7) is 3.32. The molecule has 1 N–H and O–H groups in total. The van der Waals surface area contributed by atoms with E-state index in [1.165, 1.54) is 17.0 Å². The maximum Gasteiger partial charge on any atom is 0.256 e. The lowest BCUT2D eigenvalue weighted by atomic mass is 10.0. The Kier molecular flexibility index (Phi) is 4.56. The summed E-state index contributed by atoms with van der Waals surface area (Å²) < 4.78 is 31.5. The molecule has 0 atom stereocenters. The van der Waals surface area contributed by atoms with Gasteiger partial charge in [0.15, 0.2) is 0 Å². The van der Waals surface area contributed by atoms with E-state index in [4.69, 9.17) is 0 Å². The van der Waals surface area contributed by atoms with E-state index in [0.29, 0.717) is 33.6 Å². The molecule has 0 saturated carbocycles. The Bertz CT molecular complexity index is 1350. The van der Waals surface area contributed by atoms with Crippen molar-refractivity contribution in [2.75, 3.05) is 0 Å². The lowest BCUT2D eigenvalue weighted by Gasteiger charge is -2.17. The van der Waals surface area contributed by atoms with Crippen LogP contribution in [0.3, 0.4) is 0 Å². The average molecular weight is 434 g/mol. The second-order valence-electron chi connectivity index (χ2n) is 8.45. The number of nitrogens with zero attached hydrogens (tertiary/aromatic N) is 4. The number of hydrogen-bond acceptors (Lipinski definition) is 4. The van der Waals surface area contributed by atoms with Crippen molar-refractivity contribution in [2.45, 2.75) is 32.5 Å². The highest BCUT2D eigenvalue weighted by molar-refractivity contribution is 5.97. The van der Waals surface area contributed by atoms with Crippen molar-refractivity contribution in [3.8, 4) is 11.1 Å². The van der Waals surface area contributed by atoms with Gasteiger partial charge in [0.1, 0.15) is 17.2 Å². The quantitative estimate of drug-likeness (QED) is 0.526. The van der Waals surface area contributed by atoms with Crippen molar-refractivity contribution in [1.29, 1.82) is 0 Å². The summed E-state index contributed by atoms with van der Waals surface area (Å²) in [6.07, 6.45) is 3.27. The second kappa shape index (κ2) is 7.20. The van der Waals surface area contributed by atoms with Gasteiger partial charge in [0.25, 0.3) is 5.91 Å². The van der Waals surface area contributed by atoms with Crippen molar-refractivity contribution in [3.63, 3.8) is 0 Å². The van der Waals surface area contributed by atoms with Crippen molar-refractivity contribution in [2.24, 2.45) is 0 Å². The Balaban J connectivity index is 1.45. The highest BCUT2D eigenvalue weighted by Gasteiger charge is 2.29. The van der Waals surface area contributed by atoms with E-state index in [9.17, 15) is 18.7 Å². The number of pyridine rings is 2. The molecule has 1 aromatic carbocycles. The summed E-state index contributed by atoms with van der Waals surface area (Å²) in [6, 6.07) is 11.0. The van der Waals surface area contributed by atoms with E-state index in [-0.39, 0.29) is 24.6 Å². The Labute approximate surface area is 182 Å². The molecule has 1 aliphatic rings. The highest BCUT2D eigenvalue weighted by atomic mass is 19.1. The van der Waals surface area contributed by atoms with Gasteiger partial charge >= 0.3 is 0 Å². The number of halogens is 2. The molecule has 0 bridgehead atoms. The normalized spacial score (nSPS) is 13.8. The predicted molar refractivity (Wildman–Crippen MR) is 114 cm³/mol. The van der Waals surface area contributed by atoms with Crippen molar-refractivity contribution < 1.29 is 18.7 Å². The van der Waals surface area contributed by atoms with E-state index in [1.807, 2.05) is 0 Å². The molecule has 0 aliphatic carbocycles. The van der Waals surface area contributed by atoms with Crippen molar-refractivity contribution >= 4 is 11.4 Å². The lowest BCUT2D eigenvalue weighted by Crippen LogP contribution is -2.24. The number of hydrogen-bond donors (Lipinski definition) is 1. The SMILES string of the molecule is CC(C)(O)c1cc2cc(-c3cc(F)c(CN4Cc5ncccc5C4=O)c(F)c3)ccn2n1. The van der Waals surface area contributed by atoms with Crippen LogP contribution in [0.1, 0.15) is 41.2 Å². The zero-order valence-electron chi connectivity index (χ0n) is 17.5. The van der Waals surface area contributed by atoms with Crippen LogP contribution >= 0.6 is 0 Å². The van der Waals surface area contributed by atoms with Gasteiger partial charge in [-0.1, -0.05) is 0 Å². The molecule has 32 heavy (non-hydrogen) atoms. The standard InChI is InChI=1S/C24H20F2N4O2/c1-24(2,32)22-11-16-8-14(5-7-30(16)28-22)15-9-19(25)18(20(26)10-15)12-29-13-21-17(23(29)31)4-3-6-27-21/h3-11,32H,12-13H2,1-2H3. The fraction of sp³-hybridized carbons (Fsp3) is 0.208. The molecule has 8 heteroatoms. The Morgan fingerprint density at radius 3 is 2.53 bits per heavy atom. The molecule has 1 aliphatic heterocycles. The van der Waals surface area contributed by atoms with Crippen LogP contribution in [0.4, 0.5) is 8.78 Å². The molecule has 4 heterocycles.